The Bertz CT molecular complexity index is 1070. The Morgan fingerprint density at radius 1 is 1.00 bits per heavy atom. The number of para-hydroxylation sites is 1. The third-order valence-corrected chi connectivity index (χ3v) is 7.35. The summed E-state index contributed by atoms with van der Waals surface area (Å²) in [6, 6.07) is 13.6. The molecule has 0 amide bonds. The maximum atomic E-state index is 12.6. The molecule has 34 heavy (non-hydrogen) atoms. The number of benzene rings is 2. The fraction of sp³-hybridized carbons (Fsp3) is 0.467. The first-order chi connectivity index (χ1) is 15.8. The molecule has 0 atom stereocenters. The van der Waals surface area contributed by atoms with Crippen LogP contribution in [0.2, 0.25) is 0 Å². The molecule has 0 bridgehead atoms. The van der Waals surface area contributed by atoms with Crippen LogP contribution in [0, 0.1) is 5.88 Å². The van der Waals surface area contributed by atoms with Crippen molar-refractivity contribution in [1.29, 1.82) is 0 Å². The van der Waals surface area contributed by atoms with Crippen LogP contribution in [-0.2, 0) is 20.4 Å². The summed E-state index contributed by atoms with van der Waals surface area (Å²) in [4.78, 5) is 15.4. The van der Waals surface area contributed by atoms with Crippen molar-refractivity contribution in [3.8, 4) is 11.1 Å². The van der Waals surface area contributed by atoms with Gasteiger partial charge in [0, 0.05) is 11.3 Å². The molecule has 0 unspecified atom stereocenters. The Labute approximate surface area is 211 Å². The van der Waals surface area contributed by atoms with Gasteiger partial charge in [0.05, 0.1) is 12.3 Å². The van der Waals surface area contributed by atoms with Gasteiger partial charge in [-0.1, -0.05) is 104 Å². The molecule has 1 aliphatic rings. The number of carbonyl (C=O) groups excluding carboxylic acids is 1. The minimum Gasteiger partial charge on any atom is -0.462 e. The van der Waals surface area contributed by atoms with E-state index in [1.807, 2.05) is 19.7 Å². The van der Waals surface area contributed by atoms with Gasteiger partial charge in [-0.2, -0.15) is 0 Å². The molecular formula is C30H40NO2S. The normalized spacial score (nSPS) is 14.9. The number of thioether (sulfide) groups is 1. The number of anilines is 1. The predicted molar refractivity (Wildman–Crippen MR) is 147 cm³/mol. The van der Waals surface area contributed by atoms with Crippen LogP contribution in [0.1, 0.15) is 91.8 Å². The van der Waals surface area contributed by atoms with Crippen molar-refractivity contribution >= 4 is 23.4 Å². The number of esters is 1. The monoisotopic (exact) mass is 478 g/mol. The molecule has 4 heteroatoms. The van der Waals surface area contributed by atoms with Gasteiger partial charge in [-0.25, -0.2) is 4.79 Å². The number of rotatable bonds is 5. The Hall–Kier alpha value is -2.20. The van der Waals surface area contributed by atoms with Gasteiger partial charge in [-0.05, 0) is 52.8 Å². The molecule has 3 nitrogen and oxygen atoms in total. The lowest BCUT2D eigenvalue weighted by Gasteiger charge is -2.30. The third-order valence-electron chi connectivity index (χ3n) is 6.33. The average molecular weight is 479 g/mol. The third kappa shape index (κ3) is 5.38. The summed E-state index contributed by atoms with van der Waals surface area (Å²) in [7, 11) is 0. The fourth-order valence-corrected chi connectivity index (χ4v) is 5.07. The van der Waals surface area contributed by atoms with Crippen molar-refractivity contribution in [2.45, 2.75) is 86.0 Å². The fourth-order valence-electron chi connectivity index (χ4n) is 4.17. The molecule has 0 aromatic heterocycles. The molecule has 3 rings (SSSR count). The second-order valence-electron chi connectivity index (χ2n) is 11.4. The molecule has 183 valence electrons. The van der Waals surface area contributed by atoms with E-state index in [9.17, 15) is 4.79 Å². The Kier molecular flexibility index (Phi) is 7.62. The zero-order valence-electron chi connectivity index (χ0n) is 22.5. The SMILES string of the molecule is CCOC(=O)C1=C(C)N(c2c(-c3cc(C(C)(C)C)cc(C(C)(C)C)c3)cccc2C(C)C)[CH]S1. The molecule has 2 aromatic carbocycles. The summed E-state index contributed by atoms with van der Waals surface area (Å²) in [6.07, 6.45) is 0. The van der Waals surface area contributed by atoms with Crippen molar-refractivity contribution in [3.05, 3.63) is 69.6 Å². The zero-order valence-corrected chi connectivity index (χ0v) is 23.3. The van der Waals surface area contributed by atoms with E-state index in [1.165, 1.54) is 39.6 Å². The summed E-state index contributed by atoms with van der Waals surface area (Å²) in [5.41, 5.74) is 8.45. The molecule has 0 aliphatic carbocycles. The first-order valence-electron chi connectivity index (χ1n) is 12.2. The minimum absolute atomic E-state index is 0.0361. The average Bonchev–Trinajstić information content (AvgIpc) is 3.12. The maximum absolute atomic E-state index is 12.6. The summed E-state index contributed by atoms with van der Waals surface area (Å²) in [5.74, 6) is 2.13. The highest BCUT2D eigenvalue weighted by atomic mass is 32.2. The van der Waals surface area contributed by atoms with E-state index in [0.717, 1.165) is 11.4 Å². The highest BCUT2D eigenvalue weighted by molar-refractivity contribution is 8.06. The van der Waals surface area contributed by atoms with E-state index >= 15 is 0 Å². The molecule has 0 saturated carbocycles. The van der Waals surface area contributed by atoms with E-state index in [-0.39, 0.29) is 16.8 Å². The van der Waals surface area contributed by atoms with Gasteiger partial charge in [-0.15, -0.1) is 0 Å². The molecular weight excluding hydrogens is 438 g/mol. The maximum Gasteiger partial charge on any atom is 0.346 e. The number of hydrogen-bond donors (Lipinski definition) is 0. The molecule has 1 radical (unpaired) electrons. The van der Waals surface area contributed by atoms with E-state index in [0.29, 0.717) is 17.4 Å². The largest absolute Gasteiger partial charge is 0.462 e. The summed E-state index contributed by atoms with van der Waals surface area (Å²) in [5, 5.41) is 0. The van der Waals surface area contributed by atoms with Crippen LogP contribution in [0.15, 0.2) is 47.0 Å². The van der Waals surface area contributed by atoms with Gasteiger partial charge < -0.3 is 9.64 Å². The lowest BCUT2D eigenvalue weighted by Crippen LogP contribution is -2.18. The van der Waals surface area contributed by atoms with Crippen molar-refractivity contribution in [2.24, 2.45) is 0 Å². The highest BCUT2D eigenvalue weighted by Crippen LogP contribution is 2.47. The lowest BCUT2D eigenvalue weighted by atomic mass is 9.78. The van der Waals surface area contributed by atoms with Gasteiger partial charge >= 0.3 is 5.97 Å². The molecule has 1 aliphatic heterocycles. The predicted octanol–water partition coefficient (Wildman–Crippen LogP) is 8.54. The smallest absolute Gasteiger partial charge is 0.346 e. The topological polar surface area (TPSA) is 29.5 Å². The highest BCUT2D eigenvalue weighted by Gasteiger charge is 2.31. The number of nitrogens with zero attached hydrogens (tertiary/aromatic N) is 1. The van der Waals surface area contributed by atoms with Crippen LogP contribution in [-0.4, -0.2) is 12.6 Å². The second-order valence-corrected chi connectivity index (χ2v) is 12.3. The van der Waals surface area contributed by atoms with Crippen LogP contribution in [0.4, 0.5) is 5.69 Å². The molecule has 0 spiro atoms. The van der Waals surface area contributed by atoms with Gasteiger partial charge in [0.2, 0.25) is 0 Å². The van der Waals surface area contributed by atoms with Gasteiger partial charge in [0.1, 0.15) is 10.8 Å². The first-order valence-corrected chi connectivity index (χ1v) is 13.1. The summed E-state index contributed by atoms with van der Waals surface area (Å²) >= 11 is 1.45. The standard InChI is InChI=1S/C30H40NO2S/c1-11-33-28(32)27-20(4)31(18-34-27)26-24(19(2)3)13-12-14-25(26)21-15-22(29(5,6)7)17-23(16-21)30(8,9)10/h12-19H,11H2,1-10H3. The summed E-state index contributed by atoms with van der Waals surface area (Å²) < 4.78 is 5.32. The van der Waals surface area contributed by atoms with E-state index in [4.69, 9.17) is 4.74 Å². The molecule has 0 N–H and O–H groups in total. The molecule has 1 heterocycles. The van der Waals surface area contributed by atoms with Crippen molar-refractivity contribution in [3.63, 3.8) is 0 Å². The summed E-state index contributed by atoms with van der Waals surface area (Å²) in [6.45, 7) is 22.3. The zero-order chi connectivity index (χ0) is 25.4. The quantitative estimate of drug-likeness (QED) is 0.403. The van der Waals surface area contributed by atoms with Crippen LogP contribution < -0.4 is 4.90 Å². The number of ether oxygens (including phenoxy) is 1. The van der Waals surface area contributed by atoms with Crippen molar-refractivity contribution < 1.29 is 9.53 Å². The van der Waals surface area contributed by atoms with E-state index in [1.54, 1.807) is 0 Å². The molecule has 2 aromatic rings. The molecule has 0 fully saturated rings. The van der Waals surface area contributed by atoms with Crippen molar-refractivity contribution in [1.82, 2.24) is 0 Å². The van der Waals surface area contributed by atoms with E-state index < -0.39 is 0 Å². The number of hydrogen-bond acceptors (Lipinski definition) is 4. The number of allylic oxidation sites excluding steroid dienone is 1. The molecule has 0 saturated heterocycles. The van der Waals surface area contributed by atoms with Gasteiger partial charge in [-0.3, -0.25) is 0 Å². The lowest BCUT2D eigenvalue weighted by molar-refractivity contribution is -0.137. The van der Waals surface area contributed by atoms with Gasteiger partial charge in [0.15, 0.2) is 0 Å². The van der Waals surface area contributed by atoms with Crippen LogP contribution in [0.5, 0.6) is 0 Å². The van der Waals surface area contributed by atoms with Crippen LogP contribution >= 0.6 is 11.8 Å². The van der Waals surface area contributed by atoms with E-state index in [2.05, 4.69) is 96.7 Å². The minimum atomic E-state index is -0.253. The van der Waals surface area contributed by atoms with Crippen molar-refractivity contribution in [2.75, 3.05) is 11.5 Å². The van der Waals surface area contributed by atoms with Gasteiger partial charge in [0.25, 0.3) is 0 Å². The second kappa shape index (κ2) is 9.81. The van der Waals surface area contributed by atoms with Crippen LogP contribution in [0.25, 0.3) is 11.1 Å². The Morgan fingerprint density at radius 3 is 2.09 bits per heavy atom. The van der Waals surface area contributed by atoms with Crippen LogP contribution in [0.3, 0.4) is 0 Å². The Morgan fingerprint density at radius 2 is 1.59 bits per heavy atom. The number of carbonyl (C=O) groups is 1. The Balaban J connectivity index is 2.28. The first kappa shape index (κ1) is 26.4.